The molecule has 18 heavy (non-hydrogen) atoms. The monoisotopic (exact) mass is 252 g/mol. The molecule has 1 aromatic carbocycles. The highest BCUT2D eigenvalue weighted by Crippen LogP contribution is 2.19. The van der Waals surface area contributed by atoms with Gasteiger partial charge in [-0.1, -0.05) is 18.2 Å². The Morgan fingerprint density at radius 3 is 2.78 bits per heavy atom. The fourth-order valence-electron chi connectivity index (χ4n) is 1.80. The van der Waals surface area contributed by atoms with E-state index < -0.39 is 24.5 Å². The van der Waals surface area contributed by atoms with E-state index in [-0.39, 0.29) is 6.61 Å². The molecule has 1 heterocycles. The van der Waals surface area contributed by atoms with Crippen LogP contribution < -0.4 is 0 Å². The Bertz CT molecular complexity index is 392. The summed E-state index contributed by atoms with van der Waals surface area (Å²) in [7, 11) is 1.51. The van der Waals surface area contributed by atoms with Gasteiger partial charge in [-0.3, -0.25) is 0 Å². The van der Waals surface area contributed by atoms with E-state index in [4.69, 9.17) is 14.2 Å². The Morgan fingerprint density at radius 2 is 2.11 bits per heavy atom. The molecule has 1 aliphatic heterocycles. The van der Waals surface area contributed by atoms with Crippen LogP contribution in [0, 0.1) is 0 Å². The van der Waals surface area contributed by atoms with Crippen molar-refractivity contribution < 1.29 is 24.1 Å². The molecule has 1 unspecified atom stereocenters. The van der Waals surface area contributed by atoms with Crippen LogP contribution in [-0.2, 0) is 14.2 Å². The van der Waals surface area contributed by atoms with Gasteiger partial charge in [-0.2, -0.15) is 0 Å². The summed E-state index contributed by atoms with van der Waals surface area (Å²) in [6.07, 6.45) is -1.53. The highest BCUT2D eigenvalue weighted by molar-refractivity contribution is 5.89. The zero-order valence-corrected chi connectivity index (χ0v) is 10.1. The smallest absolute Gasteiger partial charge is 0.338 e. The predicted molar refractivity (Wildman–Crippen MR) is 63.0 cm³/mol. The van der Waals surface area contributed by atoms with Crippen molar-refractivity contribution in [3.05, 3.63) is 35.9 Å². The van der Waals surface area contributed by atoms with E-state index in [0.717, 1.165) is 0 Å². The summed E-state index contributed by atoms with van der Waals surface area (Å²) in [6, 6.07) is 8.68. The number of carbonyl (C=O) groups is 1. The highest BCUT2D eigenvalue weighted by atomic mass is 16.7. The minimum absolute atomic E-state index is 0.102. The molecule has 5 nitrogen and oxygen atoms in total. The van der Waals surface area contributed by atoms with Crippen LogP contribution in [0.4, 0.5) is 0 Å². The number of aliphatic hydroxyl groups is 1. The number of esters is 1. The molecule has 0 amide bonds. The molecule has 0 spiro atoms. The van der Waals surface area contributed by atoms with E-state index in [1.807, 2.05) is 6.07 Å². The van der Waals surface area contributed by atoms with Crippen molar-refractivity contribution >= 4 is 5.97 Å². The topological polar surface area (TPSA) is 65.0 Å². The van der Waals surface area contributed by atoms with Crippen LogP contribution in [-0.4, -0.2) is 43.3 Å². The van der Waals surface area contributed by atoms with Gasteiger partial charge < -0.3 is 19.3 Å². The quantitative estimate of drug-likeness (QED) is 0.812. The third-order valence-corrected chi connectivity index (χ3v) is 2.84. The van der Waals surface area contributed by atoms with Crippen LogP contribution in [0.15, 0.2) is 30.3 Å². The van der Waals surface area contributed by atoms with Gasteiger partial charge in [-0.25, -0.2) is 4.79 Å². The SMILES string of the molecule is COC1C[C@@H](OC(=O)c2ccccc2)[C@@H](O)CO1. The number of hydrogen-bond acceptors (Lipinski definition) is 5. The Morgan fingerprint density at radius 1 is 1.39 bits per heavy atom. The van der Waals surface area contributed by atoms with E-state index in [1.165, 1.54) is 7.11 Å². The molecular weight excluding hydrogens is 236 g/mol. The standard InChI is InChI=1S/C13H16O5/c1-16-12-7-11(10(14)8-17-12)18-13(15)9-5-3-2-4-6-9/h2-6,10-12,14H,7-8H2,1H3/t10-,11+,12?/m0/s1. The largest absolute Gasteiger partial charge is 0.456 e. The zero-order chi connectivity index (χ0) is 13.0. The molecule has 0 saturated carbocycles. The molecular formula is C13H16O5. The number of methoxy groups -OCH3 is 1. The Balaban J connectivity index is 1.97. The molecule has 3 atom stereocenters. The van der Waals surface area contributed by atoms with Crippen molar-refractivity contribution in [2.24, 2.45) is 0 Å². The maximum Gasteiger partial charge on any atom is 0.338 e. The minimum atomic E-state index is -0.816. The maximum absolute atomic E-state index is 11.8. The molecule has 0 aliphatic carbocycles. The summed E-state index contributed by atoms with van der Waals surface area (Å²) < 4.78 is 15.5. The fourth-order valence-corrected chi connectivity index (χ4v) is 1.80. The first kappa shape index (κ1) is 13.0. The molecule has 5 heteroatoms. The number of ether oxygens (including phenoxy) is 3. The van der Waals surface area contributed by atoms with Crippen LogP contribution in [0.25, 0.3) is 0 Å². The molecule has 1 aliphatic rings. The zero-order valence-electron chi connectivity index (χ0n) is 10.1. The average Bonchev–Trinajstić information content (AvgIpc) is 2.42. The number of aliphatic hydroxyl groups excluding tert-OH is 1. The molecule has 1 N–H and O–H groups in total. The van der Waals surface area contributed by atoms with Crippen molar-refractivity contribution in [3.63, 3.8) is 0 Å². The van der Waals surface area contributed by atoms with Crippen LogP contribution in [0.5, 0.6) is 0 Å². The van der Waals surface area contributed by atoms with Crippen molar-refractivity contribution in [3.8, 4) is 0 Å². The predicted octanol–water partition coefficient (Wildman–Crippen LogP) is 0.966. The van der Waals surface area contributed by atoms with Crippen LogP contribution in [0.2, 0.25) is 0 Å². The van der Waals surface area contributed by atoms with Crippen LogP contribution >= 0.6 is 0 Å². The van der Waals surface area contributed by atoms with Gasteiger partial charge in [0, 0.05) is 13.5 Å². The normalized spacial score (nSPS) is 27.8. The second kappa shape index (κ2) is 5.95. The molecule has 2 rings (SSSR count). The number of benzene rings is 1. The minimum Gasteiger partial charge on any atom is -0.456 e. The molecule has 1 fully saturated rings. The maximum atomic E-state index is 11.8. The van der Waals surface area contributed by atoms with Crippen molar-refractivity contribution in [1.29, 1.82) is 0 Å². The van der Waals surface area contributed by atoms with E-state index in [0.29, 0.717) is 12.0 Å². The third-order valence-electron chi connectivity index (χ3n) is 2.84. The Kier molecular flexibility index (Phi) is 4.30. The Labute approximate surface area is 105 Å². The molecule has 98 valence electrons. The lowest BCUT2D eigenvalue weighted by molar-refractivity contribution is -0.206. The summed E-state index contributed by atoms with van der Waals surface area (Å²) in [5.41, 5.74) is 0.463. The van der Waals surface area contributed by atoms with Crippen LogP contribution in [0.3, 0.4) is 0 Å². The summed E-state index contributed by atoms with van der Waals surface area (Å²) in [5.74, 6) is -0.448. The summed E-state index contributed by atoms with van der Waals surface area (Å²) in [6.45, 7) is 0.102. The van der Waals surface area contributed by atoms with Crippen LogP contribution in [0.1, 0.15) is 16.8 Å². The molecule has 1 saturated heterocycles. The molecule has 1 aromatic rings. The number of carbonyl (C=O) groups excluding carboxylic acids is 1. The van der Waals surface area contributed by atoms with Crippen molar-refractivity contribution in [2.75, 3.05) is 13.7 Å². The van der Waals surface area contributed by atoms with Gasteiger partial charge in [0.05, 0.1) is 12.2 Å². The number of rotatable bonds is 3. The van der Waals surface area contributed by atoms with Gasteiger partial charge >= 0.3 is 5.97 Å². The van der Waals surface area contributed by atoms with Gasteiger partial charge in [-0.05, 0) is 12.1 Å². The lowest BCUT2D eigenvalue weighted by Crippen LogP contribution is -2.44. The lowest BCUT2D eigenvalue weighted by atomic mass is 10.1. The molecule has 0 bridgehead atoms. The van der Waals surface area contributed by atoms with Gasteiger partial charge in [0.1, 0.15) is 12.2 Å². The highest BCUT2D eigenvalue weighted by Gasteiger charge is 2.33. The number of hydrogen-bond donors (Lipinski definition) is 1. The van der Waals surface area contributed by atoms with Gasteiger partial charge in [0.2, 0.25) is 0 Å². The molecule has 0 radical (unpaired) electrons. The van der Waals surface area contributed by atoms with E-state index in [9.17, 15) is 9.90 Å². The third kappa shape index (κ3) is 3.07. The second-order valence-electron chi connectivity index (χ2n) is 4.11. The van der Waals surface area contributed by atoms with E-state index >= 15 is 0 Å². The summed E-state index contributed by atoms with van der Waals surface area (Å²) >= 11 is 0. The fraction of sp³-hybridized carbons (Fsp3) is 0.462. The van der Waals surface area contributed by atoms with Gasteiger partial charge in [0.25, 0.3) is 0 Å². The summed E-state index contributed by atoms with van der Waals surface area (Å²) in [5, 5.41) is 9.72. The summed E-state index contributed by atoms with van der Waals surface area (Å²) in [4.78, 5) is 11.8. The first-order chi connectivity index (χ1) is 8.70. The molecule has 0 aromatic heterocycles. The van der Waals surface area contributed by atoms with E-state index in [2.05, 4.69) is 0 Å². The first-order valence-corrected chi connectivity index (χ1v) is 5.79. The lowest BCUT2D eigenvalue weighted by Gasteiger charge is -2.32. The van der Waals surface area contributed by atoms with Crippen molar-refractivity contribution in [2.45, 2.75) is 24.9 Å². The first-order valence-electron chi connectivity index (χ1n) is 5.79. The second-order valence-corrected chi connectivity index (χ2v) is 4.11. The van der Waals surface area contributed by atoms with Crippen molar-refractivity contribution in [1.82, 2.24) is 0 Å². The average molecular weight is 252 g/mol. The van der Waals surface area contributed by atoms with Gasteiger partial charge in [0.15, 0.2) is 6.29 Å². The van der Waals surface area contributed by atoms with Gasteiger partial charge in [-0.15, -0.1) is 0 Å². The van der Waals surface area contributed by atoms with E-state index in [1.54, 1.807) is 24.3 Å². The Hall–Kier alpha value is -1.43.